The van der Waals surface area contributed by atoms with Gasteiger partial charge in [-0.2, -0.15) is 14.8 Å². The first-order chi connectivity index (χ1) is 14.4. The quantitative estimate of drug-likeness (QED) is 0.354. The molecule has 0 fully saturated rings. The molecule has 10 heteroatoms. The van der Waals surface area contributed by atoms with Gasteiger partial charge in [0.25, 0.3) is 5.56 Å². The average molecular weight is 480 g/mol. The summed E-state index contributed by atoms with van der Waals surface area (Å²) >= 11 is 24.0. The number of hydrogen-bond acceptors (Lipinski definition) is 5. The third-order valence-electron chi connectivity index (χ3n) is 3.92. The first-order valence-corrected chi connectivity index (χ1v) is 9.94. The molecular formula is C20H10Cl4N4O2. The number of benzene rings is 2. The summed E-state index contributed by atoms with van der Waals surface area (Å²) in [6.07, 6.45) is 1.26. The number of aromatic nitrogens is 4. The fraction of sp³-hybridized carbons (Fsp3) is 0. The standard InChI is InChI=1S/C20H10Cl4N4O2/c21-12-6-7-15(13(22)8-12)30-17-9-16(28-20(29)18(24)14(23)10-25-28)26-19(27-17)11-4-2-1-3-5-11/h1-10H. The van der Waals surface area contributed by atoms with Crippen LogP contribution in [0.1, 0.15) is 0 Å². The molecule has 2 heterocycles. The molecule has 6 nitrogen and oxygen atoms in total. The van der Waals surface area contributed by atoms with Crippen molar-refractivity contribution in [3.05, 3.63) is 91.2 Å². The van der Waals surface area contributed by atoms with Gasteiger partial charge in [-0.3, -0.25) is 4.79 Å². The van der Waals surface area contributed by atoms with Crippen molar-refractivity contribution < 1.29 is 4.74 Å². The molecule has 0 saturated carbocycles. The number of hydrogen-bond donors (Lipinski definition) is 0. The van der Waals surface area contributed by atoms with Crippen molar-refractivity contribution in [1.82, 2.24) is 19.7 Å². The maximum Gasteiger partial charge on any atom is 0.293 e. The topological polar surface area (TPSA) is 69.9 Å². The molecule has 0 bridgehead atoms. The molecule has 0 aliphatic carbocycles. The Bertz CT molecular complexity index is 1300. The van der Waals surface area contributed by atoms with E-state index in [0.717, 1.165) is 4.68 Å². The van der Waals surface area contributed by atoms with Crippen molar-refractivity contribution >= 4 is 46.4 Å². The largest absolute Gasteiger partial charge is 0.437 e. The van der Waals surface area contributed by atoms with E-state index in [1.54, 1.807) is 18.2 Å². The third kappa shape index (κ3) is 4.27. The fourth-order valence-electron chi connectivity index (χ4n) is 2.54. The Morgan fingerprint density at radius 3 is 2.37 bits per heavy atom. The van der Waals surface area contributed by atoms with Gasteiger partial charge in [0, 0.05) is 16.7 Å². The van der Waals surface area contributed by atoms with E-state index in [9.17, 15) is 4.79 Å². The summed E-state index contributed by atoms with van der Waals surface area (Å²) < 4.78 is 6.85. The number of ether oxygens (including phenoxy) is 1. The zero-order valence-electron chi connectivity index (χ0n) is 14.9. The molecule has 0 aliphatic heterocycles. The molecule has 150 valence electrons. The van der Waals surface area contributed by atoms with Crippen molar-refractivity contribution in [3.63, 3.8) is 0 Å². The van der Waals surface area contributed by atoms with E-state index in [1.165, 1.54) is 12.3 Å². The predicted octanol–water partition coefficient (Wildman–Crippen LogP) is 6.10. The Hall–Kier alpha value is -2.64. The summed E-state index contributed by atoms with van der Waals surface area (Å²) in [4.78, 5) is 21.4. The van der Waals surface area contributed by atoms with Crippen LogP contribution in [0, 0.1) is 0 Å². The van der Waals surface area contributed by atoms with Crippen LogP contribution in [0.2, 0.25) is 20.1 Å². The van der Waals surface area contributed by atoms with Gasteiger partial charge in [0.1, 0.15) is 10.8 Å². The number of rotatable bonds is 4. The lowest BCUT2D eigenvalue weighted by Crippen LogP contribution is -2.22. The summed E-state index contributed by atoms with van der Waals surface area (Å²) in [5.41, 5.74) is 0.0804. The van der Waals surface area contributed by atoms with Gasteiger partial charge < -0.3 is 4.74 Å². The summed E-state index contributed by atoms with van der Waals surface area (Å²) in [7, 11) is 0. The molecule has 0 amide bonds. The van der Waals surface area contributed by atoms with Crippen LogP contribution in [-0.4, -0.2) is 19.7 Å². The second-order valence-corrected chi connectivity index (χ2v) is 7.58. The van der Waals surface area contributed by atoms with E-state index in [0.29, 0.717) is 27.2 Å². The first-order valence-electron chi connectivity index (χ1n) is 8.43. The summed E-state index contributed by atoms with van der Waals surface area (Å²) in [6, 6.07) is 15.4. The van der Waals surface area contributed by atoms with Crippen LogP contribution >= 0.6 is 46.4 Å². The average Bonchev–Trinajstić information content (AvgIpc) is 2.74. The van der Waals surface area contributed by atoms with Crippen LogP contribution in [0.5, 0.6) is 11.6 Å². The Morgan fingerprint density at radius 2 is 1.63 bits per heavy atom. The van der Waals surface area contributed by atoms with E-state index in [2.05, 4.69) is 15.1 Å². The molecule has 30 heavy (non-hydrogen) atoms. The van der Waals surface area contributed by atoms with Crippen LogP contribution in [-0.2, 0) is 0 Å². The zero-order valence-corrected chi connectivity index (χ0v) is 17.9. The molecule has 4 rings (SSSR count). The molecule has 0 spiro atoms. The summed E-state index contributed by atoms with van der Waals surface area (Å²) in [5, 5.41) is 4.65. The first kappa shape index (κ1) is 20.6. The van der Waals surface area contributed by atoms with Crippen molar-refractivity contribution in [2.24, 2.45) is 0 Å². The highest BCUT2D eigenvalue weighted by atomic mass is 35.5. The lowest BCUT2D eigenvalue weighted by Gasteiger charge is -2.11. The minimum atomic E-state index is -0.627. The molecule has 0 atom stereocenters. The van der Waals surface area contributed by atoms with Gasteiger partial charge in [-0.15, -0.1) is 0 Å². The van der Waals surface area contributed by atoms with Gasteiger partial charge in [-0.1, -0.05) is 76.7 Å². The van der Waals surface area contributed by atoms with Gasteiger partial charge in [-0.05, 0) is 18.2 Å². The van der Waals surface area contributed by atoms with Crippen LogP contribution < -0.4 is 10.3 Å². The number of halogens is 4. The minimum absolute atomic E-state index is 0.0414. The van der Waals surface area contributed by atoms with Crippen LogP contribution in [0.15, 0.2) is 65.6 Å². The van der Waals surface area contributed by atoms with Gasteiger partial charge in [0.05, 0.1) is 16.2 Å². The Labute approximate surface area is 190 Å². The molecule has 0 aliphatic rings. The SMILES string of the molecule is O=c1c(Cl)c(Cl)cnn1-c1cc(Oc2ccc(Cl)cc2Cl)nc(-c2ccccc2)n1. The molecule has 0 N–H and O–H groups in total. The Morgan fingerprint density at radius 1 is 0.867 bits per heavy atom. The highest BCUT2D eigenvalue weighted by Gasteiger charge is 2.15. The van der Waals surface area contributed by atoms with E-state index < -0.39 is 5.56 Å². The third-order valence-corrected chi connectivity index (χ3v) is 5.20. The molecule has 4 aromatic rings. The van der Waals surface area contributed by atoms with Gasteiger partial charge in [0.15, 0.2) is 11.6 Å². The van der Waals surface area contributed by atoms with Crippen molar-refractivity contribution in [1.29, 1.82) is 0 Å². The highest BCUT2D eigenvalue weighted by Crippen LogP contribution is 2.32. The van der Waals surface area contributed by atoms with Crippen molar-refractivity contribution in [2.75, 3.05) is 0 Å². The maximum absolute atomic E-state index is 12.5. The summed E-state index contributed by atoms with van der Waals surface area (Å²) in [6.45, 7) is 0. The minimum Gasteiger partial charge on any atom is -0.437 e. The lowest BCUT2D eigenvalue weighted by atomic mass is 10.2. The smallest absolute Gasteiger partial charge is 0.293 e. The summed E-state index contributed by atoms with van der Waals surface area (Å²) in [5.74, 6) is 0.933. The van der Waals surface area contributed by atoms with Gasteiger partial charge >= 0.3 is 0 Å². The molecule has 2 aromatic heterocycles. The molecule has 2 aromatic carbocycles. The van der Waals surface area contributed by atoms with E-state index in [1.807, 2.05) is 30.3 Å². The van der Waals surface area contributed by atoms with E-state index in [-0.39, 0.29) is 21.7 Å². The lowest BCUT2D eigenvalue weighted by molar-refractivity contribution is 0.461. The second kappa shape index (κ2) is 8.62. The van der Waals surface area contributed by atoms with E-state index >= 15 is 0 Å². The molecule has 0 radical (unpaired) electrons. The Kier molecular flexibility index (Phi) is 5.92. The van der Waals surface area contributed by atoms with Crippen LogP contribution in [0.25, 0.3) is 17.2 Å². The fourth-order valence-corrected chi connectivity index (χ4v) is 3.24. The van der Waals surface area contributed by atoms with Crippen LogP contribution in [0.4, 0.5) is 0 Å². The van der Waals surface area contributed by atoms with Gasteiger partial charge in [-0.25, -0.2) is 4.98 Å². The van der Waals surface area contributed by atoms with Gasteiger partial charge in [0.2, 0.25) is 5.88 Å². The zero-order chi connectivity index (χ0) is 21.3. The number of nitrogens with zero attached hydrogens (tertiary/aromatic N) is 4. The molecule has 0 unspecified atom stereocenters. The van der Waals surface area contributed by atoms with Crippen molar-refractivity contribution in [2.45, 2.75) is 0 Å². The second-order valence-electron chi connectivity index (χ2n) is 5.95. The van der Waals surface area contributed by atoms with E-state index in [4.69, 9.17) is 51.1 Å². The predicted molar refractivity (Wildman–Crippen MR) is 117 cm³/mol. The Balaban J connectivity index is 1.87. The monoisotopic (exact) mass is 478 g/mol. The van der Waals surface area contributed by atoms with Crippen molar-refractivity contribution in [3.8, 4) is 28.8 Å². The normalized spacial score (nSPS) is 10.8. The molecular weight excluding hydrogens is 470 g/mol. The highest BCUT2D eigenvalue weighted by molar-refractivity contribution is 6.41. The maximum atomic E-state index is 12.5. The van der Waals surface area contributed by atoms with Crippen LogP contribution in [0.3, 0.4) is 0 Å². The molecule has 0 saturated heterocycles.